The van der Waals surface area contributed by atoms with Crippen LogP contribution in [0.25, 0.3) is 0 Å². The minimum Gasteiger partial charge on any atom is -0.438 e. The predicted octanol–water partition coefficient (Wildman–Crippen LogP) is 1.67. The molecule has 0 spiro atoms. The summed E-state index contributed by atoms with van der Waals surface area (Å²) in [7, 11) is 0. The first-order valence-corrected chi connectivity index (χ1v) is 4.47. The molecule has 4 heteroatoms. The first kappa shape index (κ1) is 8.74. The Bertz CT molecular complexity index is 367. The average molecular weight is 189 g/mol. The number of anilines is 1. The third-order valence-corrected chi connectivity index (χ3v) is 1.83. The van der Waals surface area contributed by atoms with Gasteiger partial charge in [-0.05, 0) is 25.0 Å². The maximum Gasteiger partial charge on any atom is 0.237 e. The first-order valence-electron chi connectivity index (χ1n) is 4.47. The standard InChI is InChI=1S/C10H11N3O/c11-9-6-13-10(7-12-9)14-8-4-2-1-3-5-8/h2,4-7H,1,3H2,(H2,11,12). The number of hydrogen-bond acceptors (Lipinski definition) is 4. The van der Waals surface area contributed by atoms with Gasteiger partial charge in [-0.2, -0.15) is 0 Å². The molecule has 0 bridgehead atoms. The van der Waals surface area contributed by atoms with E-state index >= 15 is 0 Å². The van der Waals surface area contributed by atoms with Gasteiger partial charge in [0.05, 0.1) is 12.4 Å². The van der Waals surface area contributed by atoms with Crippen LogP contribution >= 0.6 is 0 Å². The van der Waals surface area contributed by atoms with Gasteiger partial charge in [0.2, 0.25) is 5.88 Å². The van der Waals surface area contributed by atoms with Crippen LogP contribution in [0, 0.1) is 0 Å². The van der Waals surface area contributed by atoms with Crippen molar-refractivity contribution < 1.29 is 4.74 Å². The fourth-order valence-corrected chi connectivity index (χ4v) is 1.16. The summed E-state index contributed by atoms with van der Waals surface area (Å²) >= 11 is 0. The Labute approximate surface area is 82.1 Å². The van der Waals surface area contributed by atoms with Gasteiger partial charge in [-0.15, -0.1) is 0 Å². The SMILES string of the molecule is Nc1cnc(OC2=CCCC=C2)cn1. The average Bonchev–Trinajstić information content (AvgIpc) is 2.23. The van der Waals surface area contributed by atoms with Gasteiger partial charge < -0.3 is 10.5 Å². The molecule has 72 valence electrons. The van der Waals surface area contributed by atoms with Crippen LogP contribution in [-0.4, -0.2) is 9.97 Å². The topological polar surface area (TPSA) is 61.0 Å². The molecule has 14 heavy (non-hydrogen) atoms. The minimum atomic E-state index is 0.394. The van der Waals surface area contributed by atoms with E-state index in [1.807, 2.05) is 12.2 Å². The molecular formula is C10H11N3O. The smallest absolute Gasteiger partial charge is 0.237 e. The molecule has 2 N–H and O–H groups in total. The normalized spacial score (nSPS) is 15.0. The van der Waals surface area contributed by atoms with Crippen LogP contribution in [0.1, 0.15) is 12.8 Å². The molecule has 0 amide bonds. The fourth-order valence-electron chi connectivity index (χ4n) is 1.16. The van der Waals surface area contributed by atoms with Gasteiger partial charge in [-0.25, -0.2) is 9.97 Å². The van der Waals surface area contributed by atoms with Gasteiger partial charge in [0.25, 0.3) is 0 Å². The summed E-state index contributed by atoms with van der Waals surface area (Å²) in [4.78, 5) is 7.87. The van der Waals surface area contributed by atoms with Crippen LogP contribution in [0.5, 0.6) is 5.88 Å². The van der Waals surface area contributed by atoms with E-state index < -0.39 is 0 Å². The lowest BCUT2D eigenvalue weighted by Gasteiger charge is -2.07. The van der Waals surface area contributed by atoms with Crippen molar-refractivity contribution >= 4 is 5.82 Å². The molecule has 1 aliphatic rings. The largest absolute Gasteiger partial charge is 0.438 e. The van der Waals surface area contributed by atoms with Crippen LogP contribution < -0.4 is 10.5 Å². The summed E-state index contributed by atoms with van der Waals surface area (Å²) in [6.45, 7) is 0. The van der Waals surface area contributed by atoms with E-state index in [1.54, 1.807) is 0 Å². The lowest BCUT2D eigenvalue weighted by molar-refractivity contribution is 0.419. The lowest BCUT2D eigenvalue weighted by atomic mass is 10.2. The number of nitrogen functional groups attached to an aromatic ring is 1. The van der Waals surface area contributed by atoms with E-state index in [2.05, 4.69) is 16.0 Å². The maximum absolute atomic E-state index is 5.46. The molecule has 0 radical (unpaired) electrons. The third-order valence-electron chi connectivity index (χ3n) is 1.83. The molecule has 1 aromatic heterocycles. The number of nitrogens with two attached hydrogens (primary N) is 1. The number of allylic oxidation sites excluding steroid dienone is 3. The van der Waals surface area contributed by atoms with Crippen molar-refractivity contribution in [1.29, 1.82) is 0 Å². The van der Waals surface area contributed by atoms with Crippen LogP contribution in [-0.2, 0) is 0 Å². The van der Waals surface area contributed by atoms with Crippen molar-refractivity contribution in [2.24, 2.45) is 0 Å². The van der Waals surface area contributed by atoms with E-state index in [0.29, 0.717) is 11.7 Å². The molecule has 2 rings (SSSR count). The van der Waals surface area contributed by atoms with E-state index in [-0.39, 0.29) is 0 Å². The van der Waals surface area contributed by atoms with Gasteiger partial charge in [0, 0.05) is 0 Å². The molecule has 0 aromatic carbocycles. The summed E-state index contributed by atoms with van der Waals surface area (Å²) in [6, 6.07) is 0. The van der Waals surface area contributed by atoms with Crippen molar-refractivity contribution in [2.75, 3.05) is 5.73 Å². The summed E-state index contributed by atoms with van der Waals surface area (Å²) in [5, 5.41) is 0. The van der Waals surface area contributed by atoms with E-state index in [0.717, 1.165) is 18.6 Å². The van der Waals surface area contributed by atoms with E-state index in [9.17, 15) is 0 Å². The molecule has 0 saturated heterocycles. The van der Waals surface area contributed by atoms with Crippen molar-refractivity contribution in [2.45, 2.75) is 12.8 Å². The number of rotatable bonds is 2. The second-order valence-electron chi connectivity index (χ2n) is 2.97. The predicted molar refractivity (Wildman–Crippen MR) is 53.5 cm³/mol. The van der Waals surface area contributed by atoms with Gasteiger partial charge in [0.15, 0.2) is 0 Å². The van der Waals surface area contributed by atoms with Gasteiger partial charge in [-0.1, -0.05) is 6.08 Å². The Morgan fingerprint density at radius 3 is 2.79 bits per heavy atom. The summed E-state index contributed by atoms with van der Waals surface area (Å²) in [5.74, 6) is 1.68. The zero-order chi connectivity index (χ0) is 9.80. The van der Waals surface area contributed by atoms with E-state index in [4.69, 9.17) is 10.5 Å². The quantitative estimate of drug-likeness (QED) is 0.768. The summed E-state index contributed by atoms with van der Waals surface area (Å²) < 4.78 is 5.46. The van der Waals surface area contributed by atoms with E-state index in [1.165, 1.54) is 12.4 Å². The number of ether oxygens (including phenoxy) is 1. The Morgan fingerprint density at radius 2 is 2.14 bits per heavy atom. The van der Waals surface area contributed by atoms with Crippen molar-refractivity contribution in [3.63, 3.8) is 0 Å². The Morgan fingerprint density at radius 1 is 1.21 bits per heavy atom. The Kier molecular flexibility index (Phi) is 2.44. The van der Waals surface area contributed by atoms with Crippen LogP contribution in [0.3, 0.4) is 0 Å². The number of nitrogens with zero attached hydrogens (tertiary/aromatic N) is 2. The van der Waals surface area contributed by atoms with Crippen molar-refractivity contribution in [3.05, 3.63) is 36.4 Å². The molecule has 1 aromatic rings. The lowest BCUT2D eigenvalue weighted by Crippen LogP contribution is -1.99. The molecule has 0 saturated carbocycles. The minimum absolute atomic E-state index is 0.394. The van der Waals surface area contributed by atoms with Gasteiger partial charge in [0.1, 0.15) is 11.6 Å². The second-order valence-corrected chi connectivity index (χ2v) is 2.97. The molecule has 0 unspecified atom stereocenters. The molecule has 1 heterocycles. The maximum atomic E-state index is 5.46. The number of hydrogen-bond donors (Lipinski definition) is 1. The highest BCUT2D eigenvalue weighted by Gasteiger charge is 2.01. The van der Waals surface area contributed by atoms with Crippen molar-refractivity contribution in [1.82, 2.24) is 9.97 Å². The second kappa shape index (κ2) is 3.91. The van der Waals surface area contributed by atoms with Gasteiger partial charge >= 0.3 is 0 Å². The highest BCUT2D eigenvalue weighted by Crippen LogP contribution is 2.14. The zero-order valence-electron chi connectivity index (χ0n) is 7.68. The fraction of sp³-hybridized carbons (Fsp3) is 0.200. The zero-order valence-corrected chi connectivity index (χ0v) is 7.68. The molecule has 1 aliphatic carbocycles. The Hall–Kier alpha value is -1.84. The summed E-state index contributed by atoms with van der Waals surface area (Å²) in [6.07, 6.45) is 11.1. The summed E-state index contributed by atoms with van der Waals surface area (Å²) in [5.41, 5.74) is 5.40. The first-order chi connectivity index (χ1) is 6.84. The molecule has 4 nitrogen and oxygen atoms in total. The molecular weight excluding hydrogens is 178 g/mol. The highest BCUT2D eigenvalue weighted by atomic mass is 16.5. The van der Waals surface area contributed by atoms with Crippen molar-refractivity contribution in [3.8, 4) is 5.88 Å². The third kappa shape index (κ3) is 2.10. The molecule has 0 aliphatic heterocycles. The highest BCUT2D eigenvalue weighted by molar-refractivity contribution is 5.26. The number of aromatic nitrogens is 2. The Balaban J connectivity index is 2.07. The van der Waals surface area contributed by atoms with Gasteiger partial charge in [-0.3, -0.25) is 0 Å². The molecule has 0 fully saturated rings. The monoisotopic (exact) mass is 189 g/mol. The van der Waals surface area contributed by atoms with Crippen LogP contribution in [0.2, 0.25) is 0 Å². The van der Waals surface area contributed by atoms with Crippen LogP contribution in [0.4, 0.5) is 5.82 Å². The molecule has 0 atom stereocenters. The van der Waals surface area contributed by atoms with Crippen LogP contribution in [0.15, 0.2) is 36.4 Å².